The Morgan fingerprint density at radius 1 is 1.24 bits per heavy atom. The van der Waals surface area contributed by atoms with Crippen LogP contribution in [0.2, 0.25) is 0 Å². The molecule has 2 aromatic heterocycles. The van der Waals surface area contributed by atoms with Gasteiger partial charge in [-0.05, 0) is 31.0 Å². The highest BCUT2D eigenvalue weighted by molar-refractivity contribution is 7.90. The number of anilines is 2. The predicted molar refractivity (Wildman–Crippen MR) is 129 cm³/mol. The molecule has 0 saturated carbocycles. The Labute approximate surface area is 197 Å². The summed E-state index contributed by atoms with van der Waals surface area (Å²) in [4.78, 5) is 24.1. The van der Waals surface area contributed by atoms with Gasteiger partial charge in [0.15, 0.2) is 9.84 Å². The summed E-state index contributed by atoms with van der Waals surface area (Å²) in [6.45, 7) is 2.13. The summed E-state index contributed by atoms with van der Waals surface area (Å²) in [5.41, 5.74) is 1.93. The number of β-amino-alcohol motifs (C(OH)–C–C–N with tert-alkyl or cyclic N) is 1. The molecule has 34 heavy (non-hydrogen) atoms. The Morgan fingerprint density at radius 2 is 2.06 bits per heavy atom. The van der Waals surface area contributed by atoms with Gasteiger partial charge in [0.1, 0.15) is 11.2 Å². The SMILES string of the molecule is Cn1cnc2cc(-c3ccc(N4CC[C@H](O)C4)c(S(C)(=O)=O)c3)nc(N[C@@H]3CCOC3)c2c1=O. The van der Waals surface area contributed by atoms with E-state index in [-0.39, 0.29) is 16.5 Å². The van der Waals surface area contributed by atoms with Gasteiger partial charge in [0, 0.05) is 38.6 Å². The fraction of sp³-hybridized carbons (Fsp3) is 0.435. The third kappa shape index (κ3) is 4.26. The van der Waals surface area contributed by atoms with Crippen molar-refractivity contribution >= 4 is 32.2 Å². The van der Waals surface area contributed by atoms with E-state index in [4.69, 9.17) is 9.72 Å². The van der Waals surface area contributed by atoms with Crippen LogP contribution in [0, 0.1) is 0 Å². The molecule has 0 spiro atoms. The smallest absolute Gasteiger partial charge is 0.264 e. The molecular formula is C23H27N5O5S. The topological polar surface area (TPSA) is 127 Å². The highest BCUT2D eigenvalue weighted by Gasteiger charge is 2.26. The van der Waals surface area contributed by atoms with Gasteiger partial charge >= 0.3 is 0 Å². The molecule has 3 aromatic rings. The minimum Gasteiger partial charge on any atom is -0.391 e. The van der Waals surface area contributed by atoms with Crippen molar-refractivity contribution in [3.8, 4) is 11.3 Å². The molecule has 180 valence electrons. The quantitative estimate of drug-likeness (QED) is 0.547. The second kappa shape index (κ2) is 8.64. The highest BCUT2D eigenvalue weighted by Crippen LogP contribution is 2.34. The van der Waals surface area contributed by atoms with Crippen LogP contribution in [0.15, 0.2) is 40.3 Å². The molecule has 0 bridgehead atoms. The standard InChI is InChI=1S/C23H27N5O5S/c1-27-13-24-18-10-17(26-22(21(18)23(27)30)25-15-6-8-33-12-15)14-3-4-19(20(9-14)34(2,31)32)28-7-5-16(29)11-28/h3-4,9-10,13,15-16,29H,5-8,11-12H2,1-2H3,(H,25,26)/t15-,16+/m1/s1. The number of hydrogen-bond donors (Lipinski definition) is 2. The van der Waals surface area contributed by atoms with E-state index in [2.05, 4.69) is 10.3 Å². The van der Waals surface area contributed by atoms with Gasteiger partial charge < -0.3 is 24.6 Å². The van der Waals surface area contributed by atoms with Crippen LogP contribution in [0.1, 0.15) is 12.8 Å². The average Bonchev–Trinajstić information content (AvgIpc) is 3.47. The van der Waals surface area contributed by atoms with Gasteiger partial charge in [0.2, 0.25) is 0 Å². The lowest BCUT2D eigenvalue weighted by atomic mass is 10.1. The molecule has 2 aliphatic heterocycles. The third-order valence-electron chi connectivity index (χ3n) is 6.33. The van der Waals surface area contributed by atoms with Crippen LogP contribution >= 0.6 is 0 Å². The molecule has 2 N–H and O–H groups in total. The van der Waals surface area contributed by atoms with E-state index in [0.29, 0.717) is 66.4 Å². The minimum absolute atomic E-state index is 0.0198. The van der Waals surface area contributed by atoms with E-state index in [0.717, 1.165) is 6.42 Å². The van der Waals surface area contributed by atoms with E-state index in [1.807, 2.05) is 11.0 Å². The lowest BCUT2D eigenvalue weighted by Gasteiger charge is -2.21. The lowest BCUT2D eigenvalue weighted by Crippen LogP contribution is -2.24. The van der Waals surface area contributed by atoms with Crippen LogP contribution in [-0.4, -0.2) is 72.8 Å². The number of aromatic nitrogens is 3. The first-order chi connectivity index (χ1) is 16.2. The van der Waals surface area contributed by atoms with Crippen molar-refractivity contribution in [1.29, 1.82) is 0 Å². The van der Waals surface area contributed by atoms with E-state index in [1.165, 1.54) is 17.2 Å². The van der Waals surface area contributed by atoms with Crippen molar-refractivity contribution < 1.29 is 18.3 Å². The zero-order valence-corrected chi connectivity index (χ0v) is 19.9. The average molecular weight is 486 g/mol. The van der Waals surface area contributed by atoms with Gasteiger partial charge in [-0.15, -0.1) is 0 Å². The molecule has 2 fully saturated rings. The number of nitrogens with one attached hydrogen (secondary N) is 1. The van der Waals surface area contributed by atoms with Gasteiger partial charge in [0.05, 0.1) is 46.9 Å². The summed E-state index contributed by atoms with van der Waals surface area (Å²) in [7, 11) is -1.92. The van der Waals surface area contributed by atoms with Crippen LogP contribution in [0.4, 0.5) is 11.5 Å². The number of rotatable bonds is 5. The zero-order chi connectivity index (χ0) is 24.0. The highest BCUT2D eigenvalue weighted by atomic mass is 32.2. The van der Waals surface area contributed by atoms with E-state index < -0.39 is 15.9 Å². The van der Waals surface area contributed by atoms with Crippen LogP contribution in [0.25, 0.3) is 22.2 Å². The summed E-state index contributed by atoms with van der Waals surface area (Å²) in [6.07, 6.45) is 3.55. The van der Waals surface area contributed by atoms with Crippen molar-refractivity contribution in [1.82, 2.24) is 14.5 Å². The van der Waals surface area contributed by atoms with E-state index >= 15 is 0 Å². The maximum absolute atomic E-state index is 12.9. The Morgan fingerprint density at radius 3 is 2.74 bits per heavy atom. The van der Waals surface area contributed by atoms with Gasteiger partial charge in [-0.25, -0.2) is 18.4 Å². The van der Waals surface area contributed by atoms with Gasteiger partial charge in [-0.3, -0.25) is 4.79 Å². The summed E-state index contributed by atoms with van der Waals surface area (Å²) < 4.78 is 32.2. The molecule has 1 aromatic carbocycles. The number of aliphatic hydroxyl groups is 1. The molecule has 5 rings (SSSR count). The molecule has 2 aliphatic rings. The third-order valence-corrected chi connectivity index (χ3v) is 7.46. The van der Waals surface area contributed by atoms with Crippen molar-refractivity contribution in [3.63, 3.8) is 0 Å². The van der Waals surface area contributed by atoms with Gasteiger partial charge in [0.25, 0.3) is 5.56 Å². The second-order valence-electron chi connectivity index (χ2n) is 8.96. The monoisotopic (exact) mass is 485 g/mol. The molecule has 10 nitrogen and oxygen atoms in total. The Hall–Kier alpha value is -3.02. The Bertz CT molecular complexity index is 1420. The Kier molecular flexibility index (Phi) is 5.78. The summed E-state index contributed by atoms with van der Waals surface area (Å²) in [5, 5.41) is 13.6. The molecule has 4 heterocycles. The first-order valence-electron chi connectivity index (χ1n) is 11.2. The maximum Gasteiger partial charge on any atom is 0.264 e. The van der Waals surface area contributed by atoms with Crippen molar-refractivity contribution in [2.45, 2.75) is 29.9 Å². The van der Waals surface area contributed by atoms with Crippen molar-refractivity contribution in [3.05, 3.63) is 40.9 Å². The summed E-state index contributed by atoms with van der Waals surface area (Å²) >= 11 is 0. The normalized spacial score (nSPS) is 20.9. The summed E-state index contributed by atoms with van der Waals surface area (Å²) in [6, 6.07) is 6.89. The lowest BCUT2D eigenvalue weighted by molar-refractivity contribution is 0.195. The van der Waals surface area contributed by atoms with Crippen molar-refractivity contribution in [2.75, 3.05) is 42.8 Å². The van der Waals surface area contributed by atoms with Crippen LogP contribution in [-0.2, 0) is 21.6 Å². The number of aliphatic hydroxyl groups excluding tert-OH is 1. The molecule has 0 amide bonds. The second-order valence-corrected chi connectivity index (χ2v) is 10.9. The number of sulfone groups is 1. The first kappa shape index (κ1) is 22.8. The number of aryl methyl sites for hydroxylation is 1. The molecule has 0 radical (unpaired) electrons. The molecule has 0 aliphatic carbocycles. The number of hydrogen-bond acceptors (Lipinski definition) is 9. The first-order valence-corrected chi connectivity index (χ1v) is 13.1. The Balaban J connectivity index is 1.65. The number of ether oxygens (including phenoxy) is 1. The maximum atomic E-state index is 12.9. The number of fused-ring (bicyclic) bond motifs is 1. The van der Waals surface area contributed by atoms with Gasteiger partial charge in [-0.2, -0.15) is 0 Å². The molecule has 11 heteroatoms. The number of pyridine rings is 1. The van der Waals surface area contributed by atoms with Crippen LogP contribution in [0.5, 0.6) is 0 Å². The van der Waals surface area contributed by atoms with Gasteiger partial charge in [-0.1, -0.05) is 6.07 Å². The zero-order valence-electron chi connectivity index (χ0n) is 19.1. The minimum atomic E-state index is -3.55. The molecule has 2 saturated heterocycles. The largest absolute Gasteiger partial charge is 0.391 e. The fourth-order valence-corrected chi connectivity index (χ4v) is 5.43. The predicted octanol–water partition coefficient (Wildman–Crippen LogP) is 1.17. The fourth-order valence-electron chi connectivity index (χ4n) is 4.51. The molecule has 0 unspecified atom stereocenters. The molecular weight excluding hydrogens is 458 g/mol. The van der Waals surface area contributed by atoms with E-state index in [1.54, 1.807) is 25.2 Å². The number of nitrogens with zero attached hydrogens (tertiary/aromatic N) is 4. The van der Waals surface area contributed by atoms with Crippen molar-refractivity contribution in [2.24, 2.45) is 7.05 Å². The van der Waals surface area contributed by atoms with Crippen LogP contribution in [0.3, 0.4) is 0 Å². The summed E-state index contributed by atoms with van der Waals surface area (Å²) in [5.74, 6) is 0.407. The number of benzene rings is 1. The molecule has 2 atom stereocenters. The van der Waals surface area contributed by atoms with Crippen LogP contribution < -0.4 is 15.8 Å². The van der Waals surface area contributed by atoms with E-state index in [9.17, 15) is 18.3 Å².